The number of aryl methyl sites for hydroxylation is 1. The number of hydrogen-bond donors (Lipinski definition) is 1. The fraction of sp³-hybridized carbons (Fsp3) is 0.111. The third-order valence-electron chi connectivity index (χ3n) is 3.79. The molecule has 3 rings (SSSR count). The molecule has 0 saturated heterocycles. The molecule has 0 atom stereocenters. The van der Waals surface area contributed by atoms with Crippen LogP contribution in [-0.4, -0.2) is 4.98 Å². The van der Waals surface area contributed by atoms with E-state index in [-0.39, 0.29) is 5.82 Å². The Hall–Kier alpha value is -2.35. The van der Waals surface area contributed by atoms with Crippen LogP contribution in [-0.2, 0) is 0 Å². The lowest BCUT2D eigenvalue weighted by molar-refractivity contribution is 1.26. The third kappa shape index (κ3) is 2.70. The first-order valence-electron chi connectivity index (χ1n) is 7.03. The van der Waals surface area contributed by atoms with Crippen LogP contribution in [0.1, 0.15) is 16.7 Å². The molecule has 0 saturated carbocycles. The van der Waals surface area contributed by atoms with Crippen molar-refractivity contribution in [1.29, 1.82) is 5.26 Å². The summed E-state index contributed by atoms with van der Waals surface area (Å²) in [5.74, 6) is 0.255. The first-order valence-corrected chi connectivity index (χ1v) is 8.29. The molecule has 0 bridgehead atoms. The summed E-state index contributed by atoms with van der Waals surface area (Å²) in [7, 11) is 0. The second-order valence-electron chi connectivity index (χ2n) is 5.27. The van der Waals surface area contributed by atoms with Gasteiger partial charge in [0.1, 0.15) is 17.5 Å². The average molecular weight is 340 g/mol. The summed E-state index contributed by atoms with van der Waals surface area (Å²) >= 11 is 7.57. The molecule has 23 heavy (non-hydrogen) atoms. The fourth-order valence-corrected chi connectivity index (χ4v) is 3.77. The third-order valence-corrected chi connectivity index (χ3v) is 5.07. The van der Waals surface area contributed by atoms with Gasteiger partial charge in [0.05, 0.1) is 5.69 Å². The van der Waals surface area contributed by atoms with Crippen LogP contribution in [0, 0.1) is 25.2 Å². The molecule has 0 unspecified atom stereocenters. The van der Waals surface area contributed by atoms with Crippen molar-refractivity contribution in [2.45, 2.75) is 13.8 Å². The summed E-state index contributed by atoms with van der Waals surface area (Å²) in [5, 5.41) is 12.2. The van der Waals surface area contributed by atoms with Gasteiger partial charge in [-0.05, 0) is 48.6 Å². The van der Waals surface area contributed by atoms with Crippen molar-refractivity contribution < 1.29 is 0 Å². The molecule has 0 aliphatic carbocycles. The number of thiophene rings is 1. The summed E-state index contributed by atoms with van der Waals surface area (Å²) in [4.78, 5) is 5.52. The molecule has 0 fully saturated rings. The van der Waals surface area contributed by atoms with Crippen LogP contribution in [0.3, 0.4) is 0 Å². The highest BCUT2D eigenvalue weighted by Crippen LogP contribution is 2.39. The van der Waals surface area contributed by atoms with Gasteiger partial charge in [0.25, 0.3) is 0 Å². The minimum absolute atomic E-state index is 0.255. The van der Waals surface area contributed by atoms with Crippen LogP contribution in [0.2, 0.25) is 5.02 Å². The predicted molar refractivity (Wildman–Crippen MR) is 96.6 cm³/mol. The van der Waals surface area contributed by atoms with Crippen LogP contribution >= 0.6 is 22.9 Å². The molecule has 2 N–H and O–H groups in total. The average Bonchev–Trinajstić information content (AvgIpc) is 2.95. The van der Waals surface area contributed by atoms with E-state index in [9.17, 15) is 5.26 Å². The zero-order chi connectivity index (χ0) is 16.6. The van der Waals surface area contributed by atoms with E-state index in [2.05, 4.69) is 11.1 Å². The van der Waals surface area contributed by atoms with E-state index in [4.69, 9.17) is 17.3 Å². The smallest absolute Gasteiger partial charge is 0.142 e. The molecule has 0 spiro atoms. The topological polar surface area (TPSA) is 62.7 Å². The van der Waals surface area contributed by atoms with E-state index < -0.39 is 0 Å². The van der Waals surface area contributed by atoms with Gasteiger partial charge in [0, 0.05) is 21.0 Å². The number of anilines is 1. The number of rotatable bonds is 2. The fourth-order valence-electron chi connectivity index (χ4n) is 2.61. The quantitative estimate of drug-likeness (QED) is 0.697. The molecule has 2 aromatic heterocycles. The number of nitrogens with two attached hydrogens (primary N) is 1. The maximum Gasteiger partial charge on any atom is 0.142 e. The molecule has 114 valence electrons. The normalized spacial score (nSPS) is 10.5. The van der Waals surface area contributed by atoms with Gasteiger partial charge in [-0.1, -0.05) is 23.7 Å². The van der Waals surface area contributed by atoms with Gasteiger partial charge >= 0.3 is 0 Å². The molecule has 1 aromatic carbocycles. The Morgan fingerprint density at radius 1 is 1.17 bits per heavy atom. The van der Waals surface area contributed by atoms with Gasteiger partial charge in [-0.25, -0.2) is 4.98 Å². The highest BCUT2D eigenvalue weighted by Gasteiger charge is 2.20. The van der Waals surface area contributed by atoms with E-state index in [0.29, 0.717) is 10.6 Å². The predicted octanol–water partition coefficient (Wildman–Crippen LogP) is 5.20. The number of halogens is 1. The second-order valence-corrected chi connectivity index (χ2v) is 6.62. The van der Waals surface area contributed by atoms with Crippen LogP contribution in [0.5, 0.6) is 0 Å². The molecule has 0 aliphatic heterocycles. The maximum atomic E-state index is 9.53. The van der Waals surface area contributed by atoms with Gasteiger partial charge in [-0.15, -0.1) is 11.3 Å². The molecular weight excluding hydrogens is 326 g/mol. The molecule has 3 nitrogen and oxygen atoms in total. The lowest BCUT2D eigenvalue weighted by atomic mass is 9.95. The molecule has 0 aliphatic rings. The van der Waals surface area contributed by atoms with Crippen LogP contribution < -0.4 is 5.73 Å². The van der Waals surface area contributed by atoms with Crippen molar-refractivity contribution in [2.24, 2.45) is 0 Å². The minimum Gasteiger partial charge on any atom is -0.383 e. The summed E-state index contributed by atoms with van der Waals surface area (Å²) in [6.07, 6.45) is 0. The number of nitrogens with zero attached hydrogens (tertiary/aromatic N) is 2. The van der Waals surface area contributed by atoms with Gasteiger partial charge in [-0.3, -0.25) is 0 Å². The number of benzene rings is 1. The Morgan fingerprint density at radius 3 is 2.43 bits per heavy atom. The van der Waals surface area contributed by atoms with Crippen LogP contribution in [0.25, 0.3) is 21.7 Å². The summed E-state index contributed by atoms with van der Waals surface area (Å²) in [6, 6.07) is 11.7. The Labute approximate surface area is 144 Å². The summed E-state index contributed by atoms with van der Waals surface area (Å²) < 4.78 is 0. The first kappa shape index (κ1) is 15.5. The van der Waals surface area contributed by atoms with Crippen molar-refractivity contribution in [2.75, 3.05) is 5.73 Å². The molecule has 0 amide bonds. The number of pyridine rings is 1. The Kier molecular flexibility index (Phi) is 4.08. The van der Waals surface area contributed by atoms with Crippen LogP contribution in [0.4, 0.5) is 5.82 Å². The van der Waals surface area contributed by atoms with E-state index in [1.807, 2.05) is 49.6 Å². The van der Waals surface area contributed by atoms with Crippen molar-refractivity contribution >= 4 is 28.8 Å². The molecule has 2 heterocycles. The minimum atomic E-state index is 0.255. The highest BCUT2D eigenvalue weighted by atomic mass is 35.5. The van der Waals surface area contributed by atoms with E-state index >= 15 is 0 Å². The van der Waals surface area contributed by atoms with Crippen molar-refractivity contribution in [3.05, 3.63) is 57.4 Å². The lowest BCUT2D eigenvalue weighted by Gasteiger charge is -2.14. The summed E-state index contributed by atoms with van der Waals surface area (Å²) in [6.45, 7) is 4.01. The number of hydrogen-bond acceptors (Lipinski definition) is 4. The molecule has 0 radical (unpaired) electrons. The second kappa shape index (κ2) is 6.04. The lowest BCUT2D eigenvalue weighted by Crippen LogP contribution is -2.03. The van der Waals surface area contributed by atoms with Gasteiger partial charge in [0.2, 0.25) is 0 Å². The first-order chi connectivity index (χ1) is 11.0. The van der Waals surface area contributed by atoms with Gasteiger partial charge in [0.15, 0.2) is 0 Å². The van der Waals surface area contributed by atoms with Crippen LogP contribution in [0.15, 0.2) is 35.7 Å². The van der Waals surface area contributed by atoms with E-state index in [1.165, 1.54) is 0 Å². The number of nitrogen functional groups attached to an aromatic ring is 1. The van der Waals surface area contributed by atoms with E-state index in [1.54, 1.807) is 11.3 Å². The Bertz CT molecular complexity index is 921. The molecular formula is C18H14ClN3S. The van der Waals surface area contributed by atoms with E-state index in [0.717, 1.165) is 32.8 Å². The van der Waals surface area contributed by atoms with Gasteiger partial charge in [-0.2, -0.15) is 5.26 Å². The van der Waals surface area contributed by atoms with Crippen molar-refractivity contribution in [3.8, 4) is 27.8 Å². The van der Waals surface area contributed by atoms with Crippen molar-refractivity contribution in [1.82, 2.24) is 4.98 Å². The Morgan fingerprint density at radius 2 is 1.87 bits per heavy atom. The zero-order valence-corrected chi connectivity index (χ0v) is 14.3. The standard InChI is InChI=1S/C18H14ClN3S/c1-10-7-8-23-17(10)15-11(2)16(22-18(21)14(15)9-20)12-3-5-13(19)6-4-12/h3-8H,1-2H3,(H2,21,22). The monoisotopic (exact) mass is 339 g/mol. The SMILES string of the molecule is Cc1ccsc1-c1c(C)c(-c2ccc(Cl)cc2)nc(N)c1C#N. The highest BCUT2D eigenvalue weighted by molar-refractivity contribution is 7.13. The van der Waals surface area contributed by atoms with Crippen molar-refractivity contribution in [3.63, 3.8) is 0 Å². The molecule has 3 aromatic rings. The van der Waals surface area contributed by atoms with Gasteiger partial charge < -0.3 is 5.73 Å². The maximum absolute atomic E-state index is 9.53. The summed E-state index contributed by atoms with van der Waals surface area (Å²) in [5.41, 5.74) is 11.2. The molecule has 5 heteroatoms. The Balaban J connectivity index is 2.33. The largest absolute Gasteiger partial charge is 0.383 e. The number of nitriles is 1. The zero-order valence-electron chi connectivity index (χ0n) is 12.7. The number of aromatic nitrogens is 1.